The predicted octanol–water partition coefficient (Wildman–Crippen LogP) is 1.88. The summed E-state index contributed by atoms with van der Waals surface area (Å²) < 4.78 is 5.35. The largest absolute Gasteiger partial charge is 0.462 e. The van der Waals surface area contributed by atoms with Crippen LogP contribution >= 0.6 is 0 Å². The van der Waals surface area contributed by atoms with Gasteiger partial charge in [0.2, 0.25) is 0 Å². The Bertz CT molecular complexity index is 462. The monoisotopic (exact) mass is 233 g/mol. The molecule has 0 saturated carbocycles. The molecule has 0 spiro atoms. The van der Waals surface area contributed by atoms with Crippen molar-refractivity contribution in [3.8, 4) is 0 Å². The second kappa shape index (κ2) is 5.52. The number of benzene rings is 1. The molecule has 0 radical (unpaired) electrons. The Kier molecular flexibility index (Phi) is 3.80. The fraction of sp³-hybridized carbons (Fsp3) is 0.231. The van der Waals surface area contributed by atoms with Gasteiger partial charge in [-0.2, -0.15) is 0 Å². The number of furan rings is 1. The van der Waals surface area contributed by atoms with Crippen LogP contribution in [0.5, 0.6) is 0 Å². The van der Waals surface area contributed by atoms with Gasteiger partial charge in [-0.3, -0.25) is 0 Å². The molecule has 90 valence electrons. The first-order valence-electron chi connectivity index (χ1n) is 5.44. The lowest BCUT2D eigenvalue weighted by molar-refractivity contribution is 0.244. The predicted molar refractivity (Wildman–Crippen MR) is 64.3 cm³/mol. The zero-order chi connectivity index (χ0) is 12.1. The molecule has 0 bridgehead atoms. The molecule has 3 N–H and O–H groups in total. The Morgan fingerprint density at radius 3 is 2.18 bits per heavy atom. The molecule has 4 nitrogen and oxygen atoms in total. The summed E-state index contributed by atoms with van der Waals surface area (Å²) in [5.41, 5.74) is 1.85. The molecule has 0 unspecified atom stereocenters. The molecular formula is C13H15NO3. The Hall–Kier alpha value is -1.78. The summed E-state index contributed by atoms with van der Waals surface area (Å²) >= 11 is 0. The standard InChI is InChI=1S/C13H15NO3/c15-8-10-1-3-11(4-2-10)14-7-12-5-6-13(9-16)17-12/h1-6,14-16H,7-9H2. The van der Waals surface area contributed by atoms with E-state index < -0.39 is 0 Å². The van der Waals surface area contributed by atoms with Crippen LogP contribution in [-0.4, -0.2) is 10.2 Å². The van der Waals surface area contributed by atoms with Crippen molar-refractivity contribution in [1.82, 2.24) is 0 Å². The zero-order valence-corrected chi connectivity index (χ0v) is 9.39. The van der Waals surface area contributed by atoms with Gasteiger partial charge in [0.1, 0.15) is 18.1 Å². The van der Waals surface area contributed by atoms with E-state index in [1.165, 1.54) is 0 Å². The third-order valence-electron chi connectivity index (χ3n) is 2.48. The summed E-state index contributed by atoms with van der Waals surface area (Å²) in [6.07, 6.45) is 0. The van der Waals surface area contributed by atoms with Crippen molar-refractivity contribution < 1.29 is 14.6 Å². The maximum Gasteiger partial charge on any atom is 0.129 e. The molecule has 17 heavy (non-hydrogen) atoms. The first kappa shape index (κ1) is 11.7. The molecule has 0 saturated heterocycles. The smallest absolute Gasteiger partial charge is 0.129 e. The Morgan fingerprint density at radius 1 is 0.882 bits per heavy atom. The van der Waals surface area contributed by atoms with Crippen molar-refractivity contribution in [2.75, 3.05) is 5.32 Å². The van der Waals surface area contributed by atoms with Gasteiger partial charge >= 0.3 is 0 Å². The first-order valence-corrected chi connectivity index (χ1v) is 5.44. The van der Waals surface area contributed by atoms with Crippen LogP contribution in [0.2, 0.25) is 0 Å². The molecule has 1 heterocycles. The summed E-state index contributed by atoms with van der Waals surface area (Å²) in [5.74, 6) is 1.35. The lowest BCUT2D eigenvalue weighted by Gasteiger charge is -2.05. The summed E-state index contributed by atoms with van der Waals surface area (Å²) in [7, 11) is 0. The van der Waals surface area contributed by atoms with Crippen molar-refractivity contribution in [1.29, 1.82) is 0 Å². The number of hydrogen-bond acceptors (Lipinski definition) is 4. The second-order valence-corrected chi connectivity index (χ2v) is 3.73. The van der Waals surface area contributed by atoms with Crippen molar-refractivity contribution in [2.45, 2.75) is 19.8 Å². The van der Waals surface area contributed by atoms with Gasteiger partial charge in [-0.15, -0.1) is 0 Å². The third-order valence-corrected chi connectivity index (χ3v) is 2.48. The van der Waals surface area contributed by atoms with E-state index in [1.54, 1.807) is 6.07 Å². The van der Waals surface area contributed by atoms with Crippen molar-refractivity contribution in [2.24, 2.45) is 0 Å². The van der Waals surface area contributed by atoms with Gasteiger partial charge in [-0.05, 0) is 29.8 Å². The van der Waals surface area contributed by atoms with Gasteiger partial charge in [-0.1, -0.05) is 12.1 Å². The molecule has 1 aromatic heterocycles. The molecule has 0 aliphatic rings. The molecule has 0 fully saturated rings. The quantitative estimate of drug-likeness (QED) is 0.737. The highest BCUT2D eigenvalue weighted by molar-refractivity contribution is 5.44. The van der Waals surface area contributed by atoms with Gasteiger partial charge in [0, 0.05) is 5.69 Å². The SMILES string of the molecule is OCc1ccc(NCc2ccc(CO)o2)cc1. The number of anilines is 1. The summed E-state index contributed by atoms with van der Waals surface area (Å²) in [6, 6.07) is 11.1. The normalized spacial score (nSPS) is 10.5. The van der Waals surface area contributed by atoms with Crippen LogP contribution in [-0.2, 0) is 19.8 Å². The van der Waals surface area contributed by atoms with E-state index in [1.807, 2.05) is 30.3 Å². The molecule has 0 aliphatic carbocycles. The van der Waals surface area contributed by atoms with E-state index in [9.17, 15) is 0 Å². The summed E-state index contributed by atoms with van der Waals surface area (Å²) in [5, 5.41) is 21.0. The van der Waals surface area contributed by atoms with Crippen LogP contribution in [0.3, 0.4) is 0 Å². The number of rotatable bonds is 5. The number of aliphatic hydroxyl groups is 2. The minimum Gasteiger partial charge on any atom is -0.462 e. The average Bonchev–Trinajstić information content (AvgIpc) is 2.85. The van der Waals surface area contributed by atoms with Crippen LogP contribution in [0.25, 0.3) is 0 Å². The topological polar surface area (TPSA) is 65.6 Å². The maximum absolute atomic E-state index is 8.91. The molecule has 0 aliphatic heterocycles. The highest BCUT2D eigenvalue weighted by Crippen LogP contribution is 2.13. The minimum absolute atomic E-state index is 0.0539. The molecule has 2 aromatic rings. The van der Waals surface area contributed by atoms with Gasteiger partial charge < -0.3 is 19.9 Å². The van der Waals surface area contributed by atoms with Gasteiger partial charge in [0.05, 0.1) is 13.2 Å². The third kappa shape index (κ3) is 3.09. The fourth-order valence-electron chi connectivity index (χ4n) is 1.52. The van der Waals surface area contributed by atoms with Crippen LogP contribution in [0.4, 0.5) is 5.69 Å². The summed E-state index contributed by atoms with van der Waals surface area (Å²) in [4.78, 5) is 0. The Balaban J connectivity index is 1.92. The lowest BCUT2D eigenvalue weighted by atomic mass is 10.2. The maximum atomic E-state index is 8.91. The fourth-order valence-corrected chi connectivity index (χ4v) is 1.52. The van der Waals surface area contributed by atoms with Crippen molar-refractivity contribution in [3.05, 3.63) is 53.5 Å². The second-order valence-electron chi connectivity index (χ2n) is 3.73. The van der Waals surface area contributed by atoms with Crippen LogP contribution in [0, 0.1) is 0 Å². The minimum atomic E-state index is -0.0782. The Labute approximate surface area is 99.5 Å². The number of aliphatic hydroxyl groups excluding tert-OH is 2. The summed E-state index contributed by atoms with van der Waals surface area (Å²) in [6.45, 7) is 0.544. The lowest BCUT2D eigenvalue weighted by Crippen LogP contribution is -1.98. The van der Waals surface area contributed by atoms with Crippen LogP contribution in [0.1, 0.15) is 17.1 Å². The molecule has 4 heteroatoms. The average molecular weight is 233 g/mol. The Morgan fingerprint density at radius 2 is 1.59 bits per heavy atom. The van der Waals surface area contributed by atoms with E-state index in [0.717, 1.165) is 17.0 Å². The number of nitrogens with one attached hydrogen (secondary N) is 1. The number of hydrogen-bond donors (Lipinski definition) is 3. The van der Waals surface area contributed by atoms with E-state index in [0.29, 0.717) is 12.3 Å². The van der Waals surface area contributed by atoms with Crippen molar-refractivity contribution in [3.63, 3.8) is 0 Å². The van der Waals surface area contributed by atoms with E-state index in [2.05, 4.69) is 5.32 Å². The molecule has 0 atom stereocenters. The molecule has 1 aromatic carbocycles. The van der Waals surface area contributed by atoms with E-state index in [-0.39, 0.29) is 13.2 Å². The van der Waals surface area contributed by atoms with Crippen molar-refractivity contribution >= 4 is 5.69 Å². The zero-order valence-electron chi connectivity index (χ0n) is 9.39. The van der Waals surface area contributed by atoms with Gasteiger partial charge in [0.25, 0.3) is 0 Å². The van der Waals surface area contributed by atoms with E-state index >= 15 is 0 Å². The van der Waals surface area contributed by atoms with Crippen LogP contribution < -0.4 is 5.32 Å². The molecule has 0 amide bonds. The van der Waals surface area contributed by atoms with E-state index in [4.69, 9.17) is 14.6 Å². The molecular weight excluding hydrogens is 218 g/mol. The molecule has 2 rings (SSSR count). The van der Waals surface area contributed by atoms with Crippen LogP contribution in [0.15, 0.2) is 40.8 Å². The van der Waals surface area contributed by atoms with Gasteiger partial charge in [0.15, 0.2) is 0 Å². The van der Waals surface area contributed by atoms with Gasteiger partial charge in [-0.25, -0.2) is 0 Å². The highest BCUT2D eigenvalue weighted by Gasteiger charge is 2.00. The highest BCUT2D eigenvalue weighted by atomic mass is 16.4. The first-order chi connectivity index (χ1) is 8.31.